The van der Waals surface area contributed by atoms with Crippen LogP contribution in [0, 0.1) is 12.9 Å². The van der Waals surface area contributed by atoms with E-state index >= 15 is 0 Å². The summed E-state index contributed by atoms with van der Waals surface area (Å²) in [4.78, 5) is 12.4. The fraction of sp³-hybridized carbons (Fsp3) is 0.150. The minimum Gasteiger partial charge on any atom is -0.411 e. The van der Waals surface area contributed by atoms with Gasteiger partial charge in [-0.2, -0.15) is 9.49 Å². The van der Waals surface area contributed by atoms with Gasteiger partial charge in [0, 0.05) is 18.3 Å². The molecule has 0 aliphatic rings. The number of halogens is 1. The number of aromatic nitrogens is 2. The van der Waals surface area contributed by atoms with E-state index in [1.54, 1.807) is 26.0 Å². The summed E-state index contributed by atoms with van der Waals surface area (Å²) in [5.41, 5.74) is 3.92. The molecule has 3 aromatic rings. The van der Waals surface area contributed by atoms with Crippen LogP contribution in [0.5, 0.6) is 0 Å². The maximum atomic E-state index is 14.0. The zero-order valence-corrected chi connectivity index (χ0v) is 15.2. The zero-order chi connectivity index (χ0) is 19.6. The van der Waals surface area contributed by atoms with Crippen LogP contribution in [0.15, 0.2) is 53.7 Å². The normalized spacial score (nSPS) is 11.5. The minimum atomic E-state index is -0.672. The van der Waals surface area contributed by atoms with Crippen LogP contribution in [-0.2, 0) is 7.05 Å². The molecule has 27 heavy (non-hydrogen) atoms. The Morgan fingerprint density at radius 3 is 2.44 bits per heavy atom. The number of rotatable bonds is 4. The van der Waals surface area contributed by atoms with E-state index in [1.807, 2.05) is 36.4 Å². The van der Waals surface area contributed by atoms with E-state index in [4.69, 9.17) is 5.21 Å². The number of anilines is 1. The third-order valence-corrected chi connectivity index (χ3v) is 4.30. The van der Waals surface area contributed by atoms with Crippen molar-refractivity contribution in [3.05, 3.63) is 71.3 Å². The van der Waals surface area contributed by atoms with Gasteiger partial charge in [0.25, 0.3) is 5.91 Å². The molecule has 0 unspecified atom stereocenters. The molecule has 7 heteroatoms. The average Bonchev–Trinajstić information content (AvgIpc) is 2.93. The molecule has 1 amide bonds. The summed E-state index contributed by atoms with van der Waals surface area (Å²) >= 11 is 0. The number of benzene rings is 2. The van der Waals surface area contributed by atoms with Gasteiger partial charge in [0.05, 0.1) is 11.4 Å². The molecular formula is C20H19FN4O2. The molecule has 2 N–H and O–H groups in total. The third kappa shape index (κ3) is 3.57. The number of oxime groups is 1. The summed E-state index contributed by atoms with van der Waals surface area (Å²) in [7, 11) is 1.45. The number of carbonyl (C=O) groups excluding carboxylic acids is 1. The molecular weight excluding hydrogens is 347 g/mol. The van der Waals surface area contributed by atoms with Crippen molar-refractivity contribution in [3.63, 3.8) is 0 Å². The summed E-state index contributed by atoms with van der Waals surface area (Å²) in [6.45, 7) is 3.31. The number of nitrogens with one attached hydrogen (secondary N) is 1. The Morgan fingerprint density at radius 2 is 1.85 bits per heavy atom. The highest BCUT2D eigenvalue weighted by atomic mass is 19.1. The first kappa shape index (κ1) is 18.3. The Labute approximate surface area is 155 Å². The molecule has 0 atom stereocenters. The summed E-state index contributed by atoms with van der Waals surface area (Å²) < 4.78 is 15.1. The Morgan fingerprint density at radius 1 is 1.19 bits per heavy atom. The monoisotopic (exact) mass is 366 g/mol. The van der Waals surface area contributed by atoms with Crippen molar-refractivity contribution in [1.82, 2.24) is 9.78 Å². The van der Waals surface area contributed by atoms with Crippen molar-refractivity contribution in [2.45, 2.75) is 13.8 Å². The predicted octanol–water partition coefficient (Wildman–Crippen LogP) is 3.99. The van der Waals surface area contributed by atoms with Crippen molar-refractivity contribution in [1.29, 1.82) is 0 Å². The number of hydrogen-bond acceptors (Lipinski definition) is 4. The lowest BCUT2D eigenvalue weighted by Gasteiger charge is -2.10. The third-order valence-electron chi connectivity index (χ3n) is 4.30. The highest BCUT2D eigenvalue weighted by Crippen LogP contribution is 2.26. The molecule has 0 aliphatic carbocycles. The van der Waals surface area contributed by atoms with Gasteiger partial charge in [-0.1, -0.05) is 41.6 Å². The number of nitrogens with zero attached hydrogens (tertiary/aromatic N) is 3. The molecule has 0 radical (unpaired) electrons. The molecule has 1 heterocycles. The summed E-state index contributed by atoms with van der Waals surface area (Å²) in [5, 5.41) is 18.9. The van der Waals surface area contributed by atoms with Crippen LogP contribution in [0.1, 0.15) is 28.5 Å². The summed E-state index contributed by atoms with van der Waals surface area (Å²) in [5.74, 6) is -1.22. The Hall–Kier alpha value is -3.48. The van der Waals surface area contributed by atoms with Gasteiger partial charge in [-0.15, -0.1) is 0 Å². The SMILES string of the molecule is C/C(=N\O)c1ccccc1-c1ccc(NC(=O)c2c(C)nn(C)c2F)cc1. The van der Waals surface area contributed by atoms with Crippen LogP contribution in [0.3, 0.4) is 0 Å². The minimum absolute atomic E-state index is 0.0679. The van der Waals surface area contributed by atoms with E-state index < -0.39 is 11.9 Å². The number of aryl methyl sites for hydroxylation is 2. The maximum absolute atomic E-state index is 14.0. The number of carbonyl (C=O) groups is 1. The van der Waals surface area contributed by atoms with Crippen LogP contribution in [0.2, 0.25) is 0 Å². The second-order valence-electron chi connectivity index (χ2n) is 6.14. The zero-order valence-electron chi connectivity index (χ0n) is 15.2. The van der Waals surface area contributed by atoms with Crippen LogP contribution < -0.4 is 5.32 Å². The van der Waals surface area contributed by atoms with Crippen molar-refractivity contribution in [2.24, 2.45) is 12.2 Å². The van der Waals surface area contributed by atoms with Gasteiger partial charge in [0.2, 0.25) is 5.95 Å². The van der Waals surface area contributed by atoms with Crippen LogP contribution in [0.25, 0.3) is 11.1 Å². The molecule has 0 aliphatic heterocycles. The van der Waals surface area contributed by atoms with Gasteiger partial charge in [0.1, 0.15) is 5.56 Å². The highest BCUT2D eigenvalue weighted by molar-refractivity contribution is 6.06. The predicted molar refractivity (Wildman–Crippen MR) is 102 cm³/mol. The first-order valence-electron chi connectivity index (χ1n) is 8.31. The molecule has 0 spiro atoms. The van der Waals surface area contributed by atoms with E-state index in [0.717, 1.165) is 21.4 Å². The molecule has 1 aromatic heterocycles. The Balaban J connectivity index is 1.86. The molecule has 2 aromatic carbocycles. The lowest BCUT2D eigenvalue weighted by molar-refractivity contribution is 0.102. The quantitative estimate of drug-likeness (QED) is 0.416. The first-order chi connectivity index (χ1) is 12.9. The largest absolute Gasteiger partial charge is 0.411 e. The second-order valence-corrected chi connectivity index (χ2v) is 6.14. The standard InChI is InChI=1S/C20H19FN4O2/c1-12(24-27)16-6-4-5-7-17(16)14-8-10-15(11-9-14)22-20(26)18-13(2)23-25(3)19(18)21/h4-11,27H,1-3H3,(H,22,26)/b24-12+. The Kier molecular flexibility index (Phi) is 5.03. The van der Waals surface area contributed by atoms with Gasteiger partial charge in [-0.3, -0.25) is 4.79 Å². The van der Waals surface area contributed by atoms with Gasteiger partial charge in [0.15, 0.2) is 0 Å². The fourth-order valence-corrected chi connectivity index (χ4v) is 2.92. The van der Waals surface area contributed by atoms with Crippen molar-refractivity contribution in [2.75, 3.05) is 5.32 Å². The second kappa shape index (κ2) is 7.41. The fourth-order valence-electron chi connectivity index (χ4n) is 2.92. The average molecular weight is 366 g/mol. The summed E-state index contributed by atoms with van der Waals surface area (Å²) in [6, 6.07) is 14.7. The van der Waals surface area contributed by atoms with Crippen molar-refractivity contribution < 1.29 is 14.4 Å². The highest BCUT2D eigenvalue weighted by Gasteiger charge is 2.20. The van der Waals surface area contributed by atoms with E-state index in [2.05, 4.69) is 15.6 Å². The molecule has 3 rings (SSSR count). The molecule has 0 fully saturated rings. The number of amides is 1. The van der Waals surface area contributed by atoms with Gasteiger partial charge < -0.3 is 10.5 Å². The Bertz CT molecular complexity index is 1020. The molecule has 0 bridgehead atoms. The van der Waals surface area contributed by atoms with Crippen LogP contribution in [0.4, 0.5) is 10.1 Å². The summed E-state index contributed by atoms with van der Waals surface area (Å²) in [6.07, 6.45) is 0. The van der Waals surface area contributed by atoms with Crippen molar-refractivity contribution in [3.8, 4) is 11.1 Å². The van der Waals surface area contributed by atoms with E-state index in [1.165, 1.54) is 7.05 Å². The van der Waals surface area contributed by atoms with E-state index in [0.29, 0.717) is 17.1 Å². The van der Waals surface area contributed by atoms with Crippen molar-refractivity contribution >= 4 is 17.3 Å². The van der Waals surface area contributed by atoms with Gasteiger partial charge >= 0.3 is 0 Å². The lowest BCUT2D eigenvalue weighted by Crippen LogP contribution is -2.14. The lowest BCUT2D eigenvalue weighted by atomic mass is 9.97. The van der Waals surface area contributed by atoms with E-state index in [9.17, 15) is 9.18 Å². The molecule has 138 valence electrons. The molecule has 0 saturated heterocycles. The van der Waals surface area contributed by atoms with Crippen LogP contribution in [-0.4, -0.2) is 26.6 Å². The maximum Gasteiger partial charge on any atom is 0.262 e. The number of hydrogen-bond donors (Lipinski definition) is 2. The topological polar surface area (TPSA) is 79.5 Å². The van der Waals surface area contributed by atoms with Gasteiger partial charge in [-0.25, -0.2) is 4.68 Å². The molecule has 6 nitrogen and oxygen atoms in total. The van der Waals surface area contributed by atoms with Gasteiger partial charge in [-0.05, 0) is 37.1 Å². The van der Waals surface area contributed by atoms with E-state index in [-0.39, 0.29) is 5.56 Å². The smallest absolute Gasteiger partial charge is 0.262 e. The first-order valence-corrected chi connectivity index (χ1v) is 8.31. The molecule has 0 saturated carbocycles. The van der Waals surface area contributed by atoms with Crippen LogP contribution >= 0.6 is 0 Å².